The molecule has 16 heteroatoms. The zero-order valence-corrected chi connectivity index (χ0v) is 29.5. The topological polar surface area (TPSA) is 144 Å². The van der Waals surface area contributed by atoms with E-state index in [1.165, 1.54) is 21.6 Å². The Kier molecular flexibility index (Phi) is 10.2. The Bertz CT molecular complexity index is 2100. The SMILES string of the molecule is CCCNC(=O)C1CC(C)(CC(=O)Nc2ccccc2C(=O)N(C)C)c2nc(B3Oc4ccccc4O3)c(NCc3cccc(C(F)(F)F)c3)c(=O)n21. The molecule has 0 aliphatic carbocycles. The summed E-state index contributed by atoms with van der Waals surface area (Å²) in [7, 11) is 1.95. The van der Waals surface area contributed by atoms with Crippen LogP contribution in [0, 0.1) is 0 Å². The number of aromatic nitrogens is 2. The van der Waals surface area contributed by atoms with Gasteiger partial charge >= 0.3 is 13.3 Å². The van der Waals surface area contributed by atoms with Gasteiger partial charge in [-0.1, -0.05) is 50.2 Å². The number of nitrogens with one attached hydrogen (secondary N) is 3. The first-order chi connectivity index (χ1) is 25.2. The number of alkyl halides is 3. The quantitative estimate of drug-likeness (QED) is 0.192. The number of amides is 3. The minimum atomic E-state index is -4.58. The predicted molar refractivity (Wildman–Crippen MR) is 192 cm³/mol. The van der Waals surface area contributed by atoms with Crippen molar-refractivity contribution in [2.45, 2.75) is 57.3 Å². The monoisotopic (exact) mass is 730 g/mol. The molecule has 1 aromatic heterocycles. The van der Waals surface area contributed by atoms with Crippen LogP contribution in [-0.2, 0) is 27.7 Å². The number of hydrogen-bond acceptors (Lipinski definition) is 8. The fourth-order valence-corrected chi connectivity index (χ4v) is 6.57. The van der Waals surface area contributed by atoms with E-state index in [1.54, 1.807) is 69.6 Å². The molecule has 3 amide bonds. The number of carbonyl (C=O) groups excluding carboxylic acids is 3. The molecule has 0 spiro atoms. The van der Waals surface area contributed by atoms with E-state index in [9.17, 15) is 32.3 Å². The van der Waals surface area contributed by atoms with Gasteiger partial charge in [-0.15, -0.1) is 0 Å². The molecule has 0 bridgehead atoms. The van der Waals surface area contributed by atoms with E-state index in [2.05, 4.69) is 16.0 Å². The maximum atomic E-state index is 14.6. The maximum absolute atomic E-state index is 14.6. The molecule has 0 fully saturated rings. The third kappa shape index (κ3) is 7.57. The van der Waals surface area contributed by atoms with Crippen LogP contribution >= 0.6 is 0 Å². The van der Waals surface area contributed by atoms with Crippen LogP contribution in [0.25, 0.3) is 0 Å². The Hall–Kier alpha value is -5.80. The Labute approximate surface area is 303 Å². The molecule has 4 aromatic rings. The van der Waals surface area contributed by atoms with Crippen LogP contribution in [0.15, 0.2) is 77.6 Å². The number of para-hydroxylation sites is 3. The van der Waals surface area contributed by atoms with Crippen molar-refractivity contribution in [3.63, 3.8) is 0 Å². The first-order valence-corrected chi connectivity index (χ1v) is 17.1. The zero-order valence-electron chi connectivity index (χ0n) is 29.5. The lowest BCUT2D eigenvalue weighted by atomic mass is 9.80. The standard InChI is InChI=1S/C37H38BF3N6O6/c1-5-17-42-32(49)26-19-36(2,20-29(48)44-25-14-7-6-13-24(25)33(50)46(3)4)35-45-31(38-52-27-15-8-9-16-28(27)53-38)30(34(51)47(26)35)43-21-22-11-10-12-23(18-22)37(39,40)41/h6-16,18,26,43H,5,17,19-21H2,1-4H3,(H,42,49)(H,44,48). The third-order valence-corrected chi connectivity index (χ3v) is 9.14. The van der Waals surface area contributed by atoms with Crippen LogP contribution in [0.4, 0.5) is 24.5 Å². The molecule has 3 aromatic carbocycles. The van der Waals surface area contributed by atoms with Crippen molar-refractivity contribution in [3.05, 3.63) is 106 Å². The average Bonchev–Trinajstić information content (AvgIpc) is 3.68. The molecule has 276 valence electrons. The molecule has 12 nitrogen and oxygen atoms in total. The summed E-state index contributed by atoms with van der Waals surface area (Å²) in [5, 5.41) is 8.63. The van der Waals surface area contributed by atoms with Crippen molar-refractivity contribution in [2.75, 3.05) is 31.3 Å². The fourth-order valence-electron chi connectivity index (χ4n) is 6.57. The number of nitrogens with zero attached hydrogens (tertiary/aromatic N) is 3. The minimum absolute atomic E-state index is 0.00685. The van der Waals surface area contributed by atoms with Crippen molar-refractivity contribution in [3.8, 4) is 11.5 Å². The number of fused-ring (bicyclic) bond motifs is 2. The molecule has 2 unspecified atom stereocenters. The van der Waals surface area contributed by atoms with Crippen LogP contribution < -0.4 is 36.4 Å². The van der Waals surface area contributed by atoms with Crippen LogP contribution in [0.5, 0.6) is 11.5 Å². The normalized spacial score (nSPS) is 17.3. The smallest absolute Gasteiger partial charge is 0.518 e. The van der Waals surface area contributed by atoms with Gasteiger partial charge in [-0.05, 0) is 54.8 Å². The van der Waals surface area contributed by atoms with Gasteiger partial charge in [-0.3, -0.25) is 23.7 Å². The molecule has 2 atom stereocenters. The van der Waals surface area contributed by atoms with Gasteiger partial charge in [0.25, 0.3) is 11.5 Å². The van der Waals surface area contributed by atoms with Crippen molar-refractivity contribution in [1.29, 1.82) is 0 Å². The van der Waals surface area contributed by atoms with Crippen molar-refractivity contribution < 1.29 is 36.9 Å². The van der Waals surface area contributed by atoms with Gasteiger partial charge in [0, 0.05) is 39.0 Å². The molecule has 0 saturated heterocycles. The highest BCUT2D eigenvalue weighted by Crippen LogP contribution is 2.42. The van der Waals surface area contributed by atoms with Gasteiger partial charge in [0.2, 0.25) is 11.8 Å². The second-order valence-corrected chi connectivity index (χ2v) is 13.5. The van der Waals surface area contributed by atoms with E-state index < -0.39 is 47.7 Å². The van der Waals surface area contributed by atoms with E-state index in [-0.39, 0.29) is 53.5 Å². The van der Waals surface area contributed by atoms with Gasteiger partial charge < -0.3 is 30.2 Å². The average molecular weight is 731 g/mol. The summed E-state index contributed by atoms with van der Waals surface area (Å²) in [4.78, 5) is 61.2. The molecular weight excluding hydrogens is 692 g/mol. The predicted octanol–water partition coefficient (Wildman–Crippen LogP) is 4.50. The van der Waals surface area contributed by atoms with E-state index >= 15 is 0 Å². The summed E-state index contributed by atoms with van der Waals surface area (Å²) < 4.78 is 53.9. The molecule has 0 radical (unpaired) electrons. The molecule has 0 saturated carbocycles. The van der Waals surface area contributed by atoms with E-state index in [4.69, 9.17) is 14.3 Å². The lowest BCUT2D eigenvalue weighted by Gasteiger charge is -2.24. The molecule has 2 aliphatic rings. The highest BCUT2D eigenvalue weighted by molar-refractivity contribution is 6.64. The van der Waals surface area contributed by atoms with Gasteiger partial charge in [-0.25, -0.2) is 4.98 Å². The van der Waals surface area contributed by atoms with Crippen LogP contribution in [0.2, 0.25) is 0 Å². The minimum Gasteiger partial charge on any atom is -0.518 e. The van der Waals surface area contributed by atoms with E-state index in [1.807, 2.05) is 6.92 Å². The van der Waals surface area contributed by atoms with Gasteiger partial charge in [-0.2, -0.15) is 13.2 Å². The summed E-state index contributed by atoms with van der Waals surface area (Å²) in [6.45, 7) is 3.73. The van der Waals surface area contributed by atoms with Crippen molar-refractivity contribution in [2.24, 2.45) is 0 Å². The lowest BCUT2D eigenvalue weighted by molar-refractivity contribution is -0.137. The summed E-state index contributed by atoms with van der Waals surface area (Å²) >= 11 is 0. The van der Waals surface area contributed by atoms with Crippen LogP contribution in [-0.4, -0.2) is 59.9 Å². The molecule has 6 rings (SSSR count). The van der Waals surface area contributed by atoms with E-state index in [0.717, 1.165) is 12.1 Å². The van der Waals surface area contributed by atoms with Gasteiger partial charge in [0.15, 0.2) is 0 Å². The number of hydrogen-bond donors (Lipinski definition) is 3. The molecule has 3 heterocycles. The van der Waals surface area contributed by atoms with E-state index in [0.29, 0.717) is 30.2 Å². The number of rotatable bonds is 11. The first-order valence-electron chi connectivity index (χ1n) is 17.1. The zero-order chi connectivity index (χ0) is 38.1. The fraction of sp³-hybridized carbons (Fsp3) is 0.324. The van der Waals surface area contributed by atoms with Crippen molar-refractivity contribution >= 4 is 41.8 Å². The number of carbonyl (C=O) groups is 3. The summed E-state index contributed by atoms with van der Waals surface area (Å²) in [5.41, 5.74) is -2.08. The Morgan fingerprint density at radius 2 is 1.70 bits per heavy atom. The summed E-state index contributed by atoms with van der Waals surface area (Å²) in [6, 6.07) is 17.0. The molecule has 53 heavy (non-hydrogen) atoms. The second-order valence-electron chi connectivity index (χ2n) is 13.5. The first kappa shape index (κ1) is 37.0. The highest BCUT2D eigenvalue weighted by atomic mass is 19.4. The van der Waals surface area contributed by atoms with Crippen molar-refractivity contribution in [1.82, 2.24) is 19.8 Å². The van der Waals surface area contributed by atoms with Crippen LogP contribution in [0.1, 0.15) is 66.5 Å². The summed E-state index contributed by atoms with van der Waals surface area (Å²) in [6.07, 6.45) is -4.17. The number of halogens is 3. The number of anilines is 2. The molecular formula is C37H38BF3N6O6. The maximum Gasteiger partial charge on any atom is 0.655 e. The summed E-state index contributed by atoms with van der Waals surface area (Å²) in [5.74, 6) is -0.375. The largest absolute Gasteiger partial charge is 0.655 e. The Balaban J connectivity index is 1.42. The third-order valence-electron chi connectivity index (χ3n) is 9.14. The van der Waals surface area contributed by atoms with Gasteiger partial charge in [0.05, 0.1) is 16.8 Å². The Morgan fingerprint density at radius 3 is 2.36 bits per heavy atom. The lowest BCUT2D eigenvalue weighted by Crippen LogP contribution is -2.49. The highest BCUT2D eigenvalue weighted by Gasteiger charge is 2.50. The van der Waals surface area contributed by atoms with Gasteiger partial charge in [0.1, 0.15) is 34.6 Å². The second kappa shape index (κ2) is 14.7. The number of benzene rings is 3. The molecule has 2 aliphatic heterocycles. The molecule has 3 N–H and O–H groups in total. The Morgan fingerprint density at radius 1 is 1.02 bits per heavy atom. The van der Waals surface area contributed by atoms with Crippen LogP contribution in [0.3, 0.4) is 0 Å².